The lowest BCUT2D eigenvalue weighted by molar-refractivity contribution is -0.119. The van der Waals surface area contributed by atoms with Gasteiger partial charge in [-0.05, 0) is 27.7 Å². The molecule has 5 nitrogen and oxygen atoms in total. The van der Waals surface area contributed by atoms with Crippen molar-refractivity contribution < 1.29 is 17.9 Å². The van der Waals surface area contributed by atoms with Crippen molar-refractivity contribution in [3.63, 3.8) is 0 Å². The fourth-order valence-electron chi connectivity index (χ4n) is 1.79. The van der Waals surface area contributed by atoms with Crippen molar-refractivity contribution in [2.45, 2.75) is 44.6 Å². The number of ether oxygens (including phenoxy) is 2. The Kier molecular flexibility index (Phi) is 5.58. The van der Waals surface area contributed by atoms with Crippen molar-refractivity contribution in [2.24, 2.45) is 0 Å². The van der Waals surface area contributed by atoms with Crippen LogP contribution in [0, 0.1) is 0 Å². The average Bonchev–Trinajstić information content (AvgIpc) is 2.23. The Morgan fingerprint density at radius 2 is 2.11 bits per heavy atom. The summed E-state index contributed by atoms with van der Waals surface area (Å²) in [7, 11) is -3.01. The molecule has 0 spiro atoms. The Hall–Kier alpha value is -0.170. The minimum absolute atomic E-state index is 0.00416. The first-order valence-corrected chi connectivity index (χ1v) is 8.12. The Balaban J connectivity index is 2.23. The molecule has 1 fully saturated rings. The van der Waals surface area contributed by atoms with E-state index in [1.165, 1.54) is 0 Å². The molecular weight excluding hydrogens is 254 g/mol. The van der Waals surface area contributed by atoms with Gasteiger partial charge in [0.1, 0.15) is 0 Å². The zero-order chi connectivity index (χ0) is 13.8. The molecule has 0 aromatic rings. The van der Waals surface area contributed by atoms with Crippen LogP contribution in [0.15, 0.2) is 0 Å². The van der Waals surface area contributed by atoms with Gasteiger partial charge < -0.3 is 14.8 Å². The lowest BCUT2D eigenvalue weighted by atomic mass is 10.1. The highest BCUT2D eigenvalue weighted by Gasteiger charge is 2.28. The van der Waals surface area contributed by atoms with E-state index in [2.05, 4.69) is 5.32 Å². The molecule has 6 heteroatoms. The van der Waals surface area contributed by atoms with E-state index in [-0.39, 0.29) is 29.3 Å². The lowest BCUT2D eigenvalue weighted by Crippen LogP contribution is -2.51. The highest BCUT2D eigenvalue weighted by molar-refractivity contribution is 7.91. The topological polar surface area (TPSA) is 64.6 Å². The second kappa shape index (κ2) is 6.32. The van der Waals surface area contributed by atoms with Crippen LogP contribution in [0.1, 0.15) is 27.7 Å². The van der Waals surface area contributed by atoms with Crippen LogP contribution < -0.4 is 5.32 Å². The highest BCUT2D eigenvalue weighted by Crippen LogP contribution is 2.15. The van der Waals surface area contributed by atoms with Gasteiger partial charge in [-0.15, -0.1) is 0 Å². The molecule has 18 heavy (non-hydrogen) atoms. The summed E-state index contributed by atoms with van der Waals surface area (Å²) in [5.74, 6) is 0.0776. The predicted molar refractivity (Wildman–Crippen MR) is 71.6 cm³/mol. The quantitative estimate of drug-likeness (QED) is 0.721. The first-order valence-electron chi connectivity index (χ1n) is 6.41. The molecular formula is C12H25NO4S. The maximum atomic E-state index is 11.6. The first-order chi connectivity index (χ1) is 8.23. The van der Waals surface area contributed by atoms with Crippen LogP contribution in [0.5, 0.6) is 0 Å². The fraction of sp³-hybridized carbons (Fsp3) is 1.00. The molecule has 0 bridgehead atoms. The van der Waals surface area contributed by atoms with Gasteiger partial charge in [-0.3, -0.25) is 0 Å². The number of sulfone groups is 1. The van der Waals surface area contributed by atoms with Gasteiger partial charge in [0.2, 0.25) is 0 Å². The molecule has 0 aromatic heterocycles. The largest absolute Gasteiger partial charge is 0.378 e. The van der Waals surface area contributed by atoms with E-state index >= 15 is 0 Å². The van der Waals surface area contributed by atoms with E-state index in [4.69, 9.17) is 9.47 Å². The van der Waals surface area contributed by atoms with Crippen molar-refractivity contribution in [1.82, 2.24) is 5.32 Å². The molecule has 1 unspecified atom stereocenters. The summed E-state index contributed by atoms with van der Waals surface area (Å²) in [6.45, 7) is 9.67. The number of hydrogen-bond donors (Lipinski definition) is 1. The summed E-state index contributed by atoms with van der Waals surface area (Å²) in [6.07, 6.45) is -0.00416. The zero-order valence-electron chi connectivity index (χ0n) is 11.7. The summed E-state index contributed by atoms with van der Waals surface area (Å²) in [5.41, 5.74) is -0.184. The third-order valence-electron chi connectivity index (χ3n) is 2.94. The van der Waals surface area contributed by atoms with Gasteiger partial charge in [-0.2, -0.15) is 0 Å². The molecule has 1 rings (SSSR count). The Morgan fingerprint density at radius 3 is 2.67 bits per heavy atom. The Bertz CT molecular complexity index is 351. The van der Waals surface area contributed by atoms with Crippen LogP contribution in [-0.2, 0) is 19.3 Å². The summed E-state index contributed by atoms with van der Waals surface area (Å²) >= 11 is 0. The first kappa shape index (κ1) is 15.9. The third kappa shape index (κ3) is 5.22. The van der Waals surface area contributed by atoms with Crippen molar-refractivity contribution in [3.8, 4) is 0 Å². The molecule has 0 saturated carbocycles. The van der Waals surface area contributed by atoms with Crippen LogP contribution in [0.25, 0.3) is 0 Å². The highest BCUT2D eigenvalue weighted by atomic mass is 32.2. The van der Waals surface area contributed by atoms with E-state index < -0.39 is 9.84 Å². The summed E-state index contributed by atoms with van der Waals surface area (Å²) < 4.78 is 34.3. The van der Waals surface area contributed by atoms with Crippen LogP contribution >= 0.6 is 0 Å². The zero-order valence-corrected chi connectivity index (χ0v) is 12.5. The Morgan fingerprint density at radius 1 is 1.44 bits per heavy atom. The molecule has 1 heterocycles. The van der Waals surface area contributed by atoms with Gasteiger partial charge in [-0.25, -0.2) is 8.42 Å². The molecule has 0 aliphatic carbocycles. The van der Waals surface area contributed by atoms with E-state index in [0.717, 1.165) is 13.1 Å². The molecule has 1 atom stereocenters. The normalized spacial score (nSPS) is 24.4. The maximum absolute atomic E-state index is 11.6. The van der Waals surface area contributed by atoms with Gasteiger partial charge in [0, 0.05) is 13.1 Å². The van der Waals surface area contributed by atoms with Gasteiger partial charge >= 0.3 is 0 Å². The maximum Gasteiger partial charge on any atom is 0.154 e. The molecule has 0 aromatic carbocycles. The van der Waals surface area contributed by atoms with Crippen LogP contribution in [0.4, 0.5) is 0 Å². The monoisotopic (exact) mass is 279 g/mol. The fourth-order valence-corrected chi connectivity index (χ4v) is 2.61. The molecule has 0 amide bonds. The number of rotatable bonds is 6. The Labute approximate surface area is 110 Å². The summed E-state index contributed by atoms with van der Waals surface area (Å²) in [4.78, 5) is 0. The molecule has 0 radical (unpaired) electrons. The summed E-state index contributed by atoms with van der Waals surface area (Å²) in [5, 5.41) is 2.94. The van der Waals surface area contributed by atoms with E-state index in [0.29, 0.717) is 6.61 Å². The smallest absolute Gasteiger partial charge is 0.154 e. The van der Waals surface area contributed by atoms with Gasteiger partial charge in [0.25, 0.3) is 0 Å². The van der Waals surface area contributed by atoms with Gasteiger partial charge in [0.05, 0.1) is 35.9 Å². The molecule has 1 aliphatic rings. The minimum atomic E-state index is -3.01. The van der Waals surface area contributed by atoms with Crippen molar-refractivity contribution in [1.29, 1.82) is 0 Å². The van der Waals surface area contributed by atoms with E-state index in [9.17, 15) is 8.42 Å². The van der Waals surface area contributed by atoms with Gasteiger partial charge in [-0.1, -0.05) is 0 Å². The number of nitrogens with one attached hydrogen (secondary N) is 1. The second-order valence-electron chi connectivity index (χ2n) is 5.62. The standard InChI is InChI=1S/C12H25NO4S/c1-10(2)18(14,15)6-5-16-8-11-7-13-9-12(3,4)17-11/h10-11,13H,5-9H2,1-4H3. The average molecular weight is 279 g/mol. The lowest BCUT2D eigenvalue weighted by Gasteiger charge is -2.36. The second-order valence-corrected chi connectivity index (χ2v) is 8.30. The van der Waals surface area contributed by atoms with Crippen LogP contribution in [-0.4, -0.2) is 57.4 Å². The van der Waals surface area contributed by atoms with Crippen LogP contribution in [0.3, 0.4) is 0 Å². The molecule has 1 N–H and O–H groups in total. The van der Waals surface area contributed by atoms with E-state index in [1.807, 2.05) is 13.8 Å². The number of hydrogen-bond acceptors (Lipinski definition) is 5. The number of morpholine rings is 1. The molecule has 108 valence electrons. The third-order valence-corrected chi connectivity index (χ3v) is 5.11. The predicted octanol–water partition coefficient (Wildman–Crippen LogP) is 0.593. The van der Waals surface area contributed by atoms with Crippen molar-refractivity contribution >= 4 is 9.84 Å². The van der Waals surface area contributed by atoms with E-state index in [1.54, 1.807) is 13.8 Å². The van der Waals surface area contributed by atoms with Crippen LogP contribution in [0.2, 0.25) is 0 Å². The van der Waals surface area contributed by atoms with Gasteiger partial charge in [0.15, 0.2) is 9.84 Å². The summed E-state index contributed by atoms with van der Waals surface area (Å²) in [6, 6.07) is 0. The van der Waals surface area contributed by atoms with Crippen molar-refractivity contribution in [2.75, 3.05) is 32.1 Å². The molecule has 1 saturated heterocycles. The molecule has 1 aliphatic heterocycles. The minimum Gasteiger partial charge on any atom is -0.378 e. The SMILES string of the molecule is CC(C)S(=O)(=O)CCOCC1CNCC(C)(C)O1. The van der Waals surface area contributed by atoms with Crippen molar-refractivity contribution in [3.05, 3.63) is 0 Å².